The van der Waals surface area contributed by atoms with Crippen LogP contribution in [0.3, 0.4) is 0 Å². The number of benzene rings is 1. The molecule has 0 saturated heterocycles. The minimum absolute atomic E-state index is 0.0797. The van der Waals surface area contributed by atoms with Crippen LogP contribution in [-0.2, 0) is 10.0 Å². The fourth-order valence-electron chi connectivity index (χ4n) is 1.55. The molecule has 0 aliphatic heterocycles. The van der Waals surface area contributed by atoms with Gasteiger partial charge in [-0.25, -0.2) is 13.4 Å². The average Bonchev–Trinajstić information content (AvgIpc) is 2.40. The van der Waals surface area contributed by atoms with E-state index in [4.69, 9.17) is 0 Å². The number of aromatic nitrogens is 1. The summed E-state index contributed by atoms with van der Waals surface area (Å²) in [5, 5.41) is 10.9. The number of anilines is 1. The molecule has 1 aromatic carbocycles. The standard InChI is InChI=1S/C11H7BrFN3O4S/c12-11-8(4-2-6-14-11)15-21(19,20)9-5-1-3-7(13)10(9)16(17)18/h1-6,15H. The molecule has 1 aromatic heterocycles. The predicted molar refractivity (Wildman–Crippen MR) is 75.8 cm³/mol. The third-order valence-corrected chi connectivity index (χ3v) is 4.45. The number of nitro groups is 1. The molecule has 0 bridgehead atoms. The topological polar surface area (TPSA) is 102 Å². The van der Waals surface area contributed by atoms with Gasteiger partial charge in [-0.3, -0.25) is 14.8 Å². The number of pyridine rings is 1. The highest BCUT2D eigenvalue weighted by atomic mass is 79.9. The summed E-state index contributed by atoms with van der Waals surface area (Å²) >= 11 is 3.04. The molecule has 110 valence electrons. The molecule has 0 spiro atoms. The predicted octanol–water partition coefficient (Wildman–Crippen LogP) is 2.69. The van der Waals surface area contributed by atoms with E-state index in [1.165, 1.54) is 18.3 Å². The second-order valence-corrected chi connectivity index (χ2v) is 6.19. The van der Waals surface area contributed by atoms with Gasteiger partial charge < -0.3 is 0 Å². The van der Waals surface area contributed by atoms with Gasteiger partial charge in [0, 0.05) is 6.20 Å². The molecule has 0 aliphatic carbocycles. The van der Waals surface area contributed by atoms with Gasteiger partial charge >= 0.3 is 5.69 Å². The quantitative estimate of drug-likeness (QED) is 0.502. The van der Waals surface area contributed by atoms with Gasteiger partial charge in [-0.05, 0) is 40.2 Å². The van der Waals surface area contributed by atoms with Gasteiger partial charge in [0.25, 0.3) is 10.0 Å². The number of nitrogens with zero attached hydrogens (tertiary/aromatic N) is 2. The lowest BCUT2D eigenvalue weighted by atomic mass is 10.3. The van der Waals surface area contributed by atoms with Crippen molar-refractivity contribution in [3.05, 3.63) is 57.1 Å². The first-order valence-corrected chi connectivity index (χ1v) is 7.67. The minimum atomic E-state index is -4.34. The van der Waals surface area contributed by atoms with Gasteiger partial charge in [0.15, 0.2) is 4.90 Å². The molecule has 2 rings (SSSR count). The van der Waals surface area contributed by atoms with Crippen LogP contribution in [0.25, 0.3) is 0 Å². The van der Waals surface area contributed by atoms with Gasteiger partial charge in [0.05, 0.1) is 10.6 Å². The number of nitrogens with one attached hydrogen (secondary N) is 1. The summed E-state index contributed by atoms with van der Waals surface area (Å²) in [5.41, 5.74) is -1.03. The summed E-state index contributed by atoms with van der Waals surface area (Å²) in [7, 11) is -4.34. The van der Waals surface area contributed by atoms with E-state index in [2.05, 4.69) is 25.6 Å². The summed E-state index contributed by atoms with van der Waals surface area (Å²) in [5.74, 6) is -1.23. The normalized spacial score (nSPS) is 11.1. The summed E-state index contributed by atoms with van der Waals surface area (Å²) < 4.78 is 40.2. The molecule has 0 fully saturated rings. The number of nitro benzene ring substituents is 1. The molecule has 1 N–H and O–H groups in total. The summed E-state index contributed by atoms with van der Waals surface area (Å²) in [6.45, 7) is 0. The van der Waals surface area contributed by atoms with Gasteiger partial charge in [0.2, 0.25) is 5.82 Å². The Hall–Kier alpha value is -2.07. The molecule has 1 heterocycles. The van der Waals surface area contributed by atoms with E-state index < -0.39 is 31.3 Å². The lowest BCUT2D eigenvalue weighted by molar-refractivity contribution is -0.390. The third kappa shape index (κ3) is 3.16. The zero-order valence-electron chi connectivity index (χ0n) is 10.2. The lowest BCUT2D eigenvalue weighted by Crippen LogP contribution is -2.16. The average molecular weight is 376 g/mol. The Morgan fingerprint density at radius 3 is 2.62 bits per heavy atom. The fourth-order valence-corrected chi connectivity index (χ4v) is 3.28. The second kappa shape index (κ2) is 5.74. The van der Waals surface area contributed by atoms with E-state index in [9.17, 15) is 22.9 Å². The summed E-state index contributed by atoms with van der Waals surface area (Å²) in [6, 6.07) is 5.72. The van der Waals surface area contributed by atoms with E-state index in [1.54, 1.807) is 0 Å². The largest absolute Gasteiger partial charge is 0.325 e. The lowest BCUT2D eigenvalue weighted by Gasteiger charge is -2.09. The van der Waals surface area contributed by atoms with Gasteiger partial charge in [-0.2, -0.15) is 4.39 Å². The highest BCUT2D eigenvalue weighted by Gasteiger charge is 2.29. The van der Waals surface area contributed by atoms with Crippen molar-refractivity contribution in [1.82, 2.24) is 4.98 Å². The van der Waals surface area contributed by atoms with E-state index in [1.807, 2.05) is 0 Å². The molecular formula is C11H7BrFN3O4S. The van der Waals surface area contributed by atoms with E-state index >= 15 is 0 Å². The van der Waals surface area contributed by atoms with Crippen molar-refractivity contribution in [2.45, 2.75) is 4.90 Å². The third-order valence-electron chi connectivity index (χ3n) is 2.43. The molecule has 10 heteroatoms. The monoisotopic (exact) mass is 375 g/mol. The zero-order valence-corrected chi connectivity index (χ0v) is 12.6. The van der Waals surface area contributed by atoms with Crippen molar-refractivity contribution in [3.8, 4) is 0 Å². The molecule has 7 nitrogen and oxygen atoms in total. The Bertz CT molecular complexity index is 813. The molecule has 0 amide bonds. The maximum absolute atomic E-state index is 13.5. The number of hydrogen-bond donors (Lipinski definition) is 1. The van der Waals surface area contributed by atoms with E-state index in [-0.39, 0.29) is 10.3 Å². The van der Waals surface area contributed by atoms with Crippen LogP contribution in [0.15, 0.2) is 46.0 Å². The number of sulfonamides is 1. The van der Waals surface area contributed by atoms with Crippen molar-refractivity contribution < 1.29 is 17.7 Å². The van der Waals surface area contributed by atoms with Crippen molar-refractivity contribution in [2.24, 2.45) is 0 Å². The SMILES string of the molecule is O=[N+]([O-])c1c(F)cccc1S(=O)(=O)Nc1cccnc1Br. The van der Waals surface area contributed by atoms with Crippen molar-refractivity contribution in [1.29, 1.82) is 0 Å². The Kier molecular flexibility index (Phi) is 4.19. The van der Waals surface area contributed by atoms with Crippen LogP contribution in [0.4, 0.5) is 15.8 Å². The molecule has 0 radical (unpaired) electrons. The number of rotatable bonds is 4. The Morgan fingerprint density at radius 1 is 1.29 bits per heavy atom. The number of halogens is 2. The first-order valence-electron chi connectivity index (χ1n) is 5.39. The van der Waals surface area contributed by atoms with Crippen LogP contribution >= 0.6 is 15.9 Å². The Morgan fingerprint density at radius 2 is 2.00 bits per heavy atom. The summed E-state index contributed by atoms with van der Waals surface area (Å²) in [6.07, 6.45) is 1.42. The maximum atomic E-state index is 13.5. The van der Waals surface area contributed by atoms with Gasteiger partial charge in [-0.15, -0.1) is 0 Å². The van der Waals surface area contributed by atoms with Gasteiger partial charge in [-0.1, -0.05) is 6.07 Å². The van der Waals surface area contributed by atoms with Gasteiger partial charge in [0.1, 0.15) is 4.60 Å². The first kappa shape index (κ1) is 15.3. The fraction of sp³-hybridized carbons (Fsp3) is 0. The zero-order chi connectivity index (χ0) is 15.6. The van der Waals surface area contributed by atoms with Crippen molar-refractivity contribution in [3.63, 3.8) is 0 Å². The molecule has 0 saturated carbocycles. The van der Waals surface area contributed by atoms with E-state index in [0.29, 0.717) is 0 Å². The van der Waals surface area contributed by atoms with Crippen molar-refractivity contribution in [2.75, 3.05) is 4.72 Å². The second-order valence-electron chi connectivity index (χ2n) is 3.79. The Balaban J connectivity index is 2.53. The van der Waals surface area contributed by atoms with Crippen LogP contribution in [0, 0.1) is 15.9 Å². The smallest absolute Gasteiger partial charge is 0.277 e. The van der Waals surface area contributed by atoms with Crippen LogP contribution in [0.5, 0.6) is 0 Å². The first-order chi connectivity index (χ1) is 9.83. The molecular weight excluding hydrogens is 369 g/mol. The molecule has 0 atom stereocenters. The number of para-hydroxylation sites is 1. The molecule has 0 aliphatic rings. The highest BCUT2D eigenvalue weighted by molar-refractivity contribution is 9.10. The van der Waals surface area contributed by atoms with Crippen LogP contribution in [0.1, 0.15) is 0 Å². The molecule has 2 aromatic rings. The summed E-state index contributed by atoms with van der Waals surface area (Å²) in [4.78, 5) is 12.8. The van der Waals surface area contributed by atoms with E-state index in [0.717, 1.165) is 18.2 Å². The maximum Gasteiger partial charge on any atom is 0.325 e. The molecule has 21 heavy (non-hydrogen) atoms. The molecule has 0 unspecified atom stereocenters. The number of hydrogen-bond acceptors (Lipinski definition) is 5. The van der Waals surface area contributed by atoms with Crippen molar-refractivity contribution >= 4 is 37.3 Å². The minimum Gasteiger partial charge on any atom is -0.277 e. The van der Waals surface area contributed by atoms with Crippen LogP contribution < -0.4 is 4.72 Å². The van der Waals surface area contributed by atoms with Crippen LogP contribution in [-0.4, -0.2) is 18.3 Å². The Labute approximate surface area is 127 Å². The van der Waals surface area contributed by atoms with Crippen LogP contribution in [0.2, 0.25) is 0 Å². The highest BCUT2D eigenvalue weighted by Crippen LogP contribution is 2.29.